The van der Waals surface area contributed by atoms with E-state index in [1.165, 1.54) is 64.6 Å². The lowest BCUT2D eigenvalue weighted by molar-refractivity contribution is 0.590. The van der Waals surface area contributed by atoms with E-state index in [2.05, 4.69) is 295 Å². The molecule has 0 aliphatic rings. The Kier molecular flexibility index (Phi) is 11.7. The van der Waals surface area contributed by atoms with E-state index >= 15 is 0 Å². The van der Waals surface area contributed by atoms with Crippen LogP contribution in [-0.2, 0) is 10.8 Å². The lowest BCUT2D eigenvalue weighted by Gasteiger charge is -2.29. The van der Waals surface area contributed by atoms with Gasteiger partial charge in [-0.1, -0.05) is 219 Å². The van der Waals surface area contributed by atoms with E-state index in [1.54, 1.807) is 0 Å². The van der Waals surface area contributed by atoms with Crippen molar-refractivity contribution < 1.29 is 0 Å². The third kappa shape index (κ3) is 8.76. The number of rotatable bonds is 9. The number of nitrogens with zero attached hydrogens (tertiary/aromatic N) is 3. The normalized spacial score (nSPS) is 12.7. The van der Waals surface area contributed by atoms with Gasteiger partial charge in [0.05, 0.1) is 38.6 Å². The standard InChI is InChI=1S/C68H69N3Si2/c1-67(2,3)48-26-31-50(32-27-48)69(52-35-39-55(40-36-52)72(7,8)9)61-44-63-65(59-23-17-15-21-57(59)61)66-60-24-18-16-22-58(60)62(45-64(66)71(63)54-30-25-46-19-13-14-20-47(46)43-54)70(51-33-28-49(29-34-51)68(4,5)6)53-37-41-56(42-38-53)73(10,11)12/h13-45H,1-12H3. The fraction of sp³-hybridized carbons (Fsp3) is 0.206. The topological polar surface area (TPSA) is 11.4 Å². The zero-order valence-electron chi connectivity index (χ0n) is 44.9. The molecule has 0 saturated heterocycles. The van der Waals surface area contributed by atoms with Crippen molar-refractivity contribution in [1.82, 2.24) is 4.57 Å². The zero-order valence-corrected chi connectivity index (χ0v) is 46.9. The van der Waals surface area contributed by atoms with Gasteiger partial charge < -0.3 is 14.4 Å². The molecule has 0 aliphatic heterocycles. The second-order valence-corrected chi connectivity index (χ2v) is 34.6. The van der Waals surface area contributed by atoms with Crippen LogP contribution in [0, 0.1) is 0 Å². The molecule has 11 rings (SSSR count). The van der Waals surface area contributed by atoms with Crippen molar-refractivity contribution in [2.75, 3.05) is 9.80 Å². The average Bonchev–Trinajstić information content (AvgIpc) is 3.72. The van der Waals surface area contributed by atoms with Crippen LogP contribution in [0.3, 0.4) is 0 Å². The van der Waals surface area contributed by atoms with Crippen LogP contribution in [0.25, 0.3) is 59.8 Å². The monoisotopic (exact) mass is 984 g/mol. The molecular formula is C68H69N3Si2. The molecule has 0 saturated carbocycles. The summed E-state index contributed by atoms with van der Waals surface area (Å²) in [5.41, 5.74) is 13.0. The molecule has 73 heavy (non-hydrogen) atoms. The molecule has 0 aliphatic carbocycles. The molecule has 0 unspecified atom stereocenters. The molecule has 0 amide bonds. The van der Waals surface area contributed by atoms with Crippen LogP contribution < -0.4 is 20.2 Å². The molecule has 0 fully saturated rings. The van der Waals surface area contributed by atoms with Crippen LogP contribution in [0.15, 0.2) is 200 Å². The Hall–Kier alpha value is -7.19. The molecule has 1 heterocycles. The largest absolute Gasteiger partial charge is 0.310 e. The van der Waals surface area contributed by atoms with Crippen LogP contribution in [0.1, 0.15) is 52.7 Å². The van der Waals surface area contributed by atoms with E-state index in [9.17, 15) is 0 Å². The van der Waals surface area contributed by atoms with Gasteiger partial charge >= 0.3 is 0 Å². The molecule has 0 atom stereocenters. The van der Waals surface area contributed by atoms with Crippen molar-refractivity contribution >= 4 is 115 Å². The molecular weight excluding hydrogens is 915 g/mol. The van der Waals surface area contributed by atoms with Crippen molar-refractivity contribution in [2.24, 2.45) is 0 Å². The minimum Gasteiger partial charge on any atom is -0.310 e. The minimum absolute atomic E-state index is 0.0270. The van der Waals surface area contributed by atoms with Crippen LogP contribution >= 0.6 is 0 Å². The number of fused-ring (bicyclic) bond motifs is 8. The molecule has 0 radical (unpaired) electrons. The van der Waals surface area contributed by atoms with Crippen molar-refractivity contribution in [2.45, 2.75) is 91.7 Å². The first-order chi connectivity index (χ1) is 34.7. The highest BCUT2D eigenvalue weighted by molar-refractivity contribution is 6.89. The lowest BCUT2D eigenvalue weighted by Crippen LogP contribution is -2.37. The fourth-order valence-electron chi connectivity index (χ4n) is 11.0. The maximum atomic E-state index is 2.56. The average molecular weight is 984 g/mol. The number of hydrogen-bond acceptors (Lipinski definition) is 2. The lowest BCUT2D eigenvalue weighted by atomic mass is 9.87. The van der Waals surface area contributed by atoms with Crippen LogP contribution in [0.5, 0.6) is 0 Å². The Morgan fingerprint density at radius 1 is 0.342 bits per heavy atom. The summed E-state index contributed by atoms with van der Waals surface area (Å²) in [7, 11) is -3.13. The highest BCUT2D eigenvalue weighted by atomic mass is 28.3. The first-order valence-electron chi connectivity index (χ1n) is 26.2. The summed E-state index contributed by atoms with van der Waals surface area (Å²) in [5, 5.41) is 12.7. The summed E-state index contributed by atoms with van der Waals surface area (Å²) < 4.78 is 2.56. The highest BCUT2D eigenvalue weighted by Gasteiger charge is 2.28. The van der Waals surface area contributed by atoms with Gasteiger partial charge in [-0.2, -0.15) is 0 Å². The number of anilines is 6. The van der Waals surface area contributed by atoms with E-state index in [1.807, 2.05) is 0 Å². The Bertz CT molecular complexity index is 3530. The molecule has 10 aromatic carbocycles. The summed E-state index contributed by atoms with van der Waals surface area (Å²) >= 11 is 0. The van der Waals surface area contributed by atoms with Gasteiger partial charge in [0, 0.05) is 50.0 Å². The van der Waals surface area contributed by atoms with E-state index < -0.39 is 16.1 Å². The molecule has 0 bridgehead atoms. The van der Waals surface area contributed by atoms with Gasteiger partial charge in [0.2, 0.25) is 0 Å². The maximum Gasteiger partial charge on any atom is 0.0775 e. The van der Waals surface area contributed by atoms with Crippen molar-refractivity contribution in [3.8, 4) is 5.69 Å². The molecule has 0 spiro atoms. The second kappa shape index (κ2) is 17.8. The molecule has 3 nitrogen and oxygen atoms in total. The summed E-state index contributed by atoms with van der Waals surface area (Å²) in [4.78, 5) is 5.00. The Balaban J connectivity index is 1.27. The number of benzene rings is 10. The summed E-state index contributed by atoms with van der Waals surface area (Å²) in [6, 6.07) is 76.4. The quantitative estimate of drug-likeness (QED) is 0.134. The Morgan fingerprint density at radius 2 is 0.685 bits per heavy atom. The predicted molar refractivity (Wildman–Crippen MR) is 326 cm³/mol. The van der Waals surface area contributed by atoms with E-state index in [0.717, 1.165) is 50.8 Å². The fourth-order valence-corrected chi connectivity index (χ4v) is 13.3. The van der Waals surface area contributed by atoms with Crippen LogP contribution in [-0.4, -0.2) is 20.7 Å². The Labute approximate surface area is 435 Å². The summed E-state index contributed by atoms with van der Waals surface area (Å²) in [6.07, 6.45) is 0. The smallest absolute Gasteiger partial charge is 0.0775 e. The van der Waals surface area contributed by atoms with Crippen LogP contribution in [0.2, 0.25) is 39.3 Å². The predicted octanol–water partition coefficient (Wildman–Crippen LogP) is 18.9. The van der Waals surface area contributed by atoms with Gasteiger partial charge in [0.1, 0.15) is 0 Å². The highest BCUT2D eigenvalue weighted by Crippen LogP contribution is 2.50. The van der Waals surface area contributed by atoms with Crippen molar-refractivity contribution in [3.05, 3.63) is 211 Å². The van der Waals surface area contributed by atoms with Crippen molar-refractivity contribution in [3.63, 3.8) is 0 Å². The molecule has 5 heteroatoms. The van der Waals surface area contributed by atoms with Crippen molar-refractivity contribution in [1.29, 1.82) is 0 Å². The zero-order chi connectivity index (χ0) is 51.2. The second-order valence-electron chi connectivity index (χ2n) is 24.4. The third-order valence-electron chi connectivity index (χ3n) is 15.2. The summed E-state index contributed by atoms with van der Waals surface area (Å²) in [6.45, 7) is 28.3. The third-order valence-corrected chi connectivity index (χ3v) is 19.3. The van der Waals surface area contributed by atoms with E-state index in [0.29, 0.717) is 0 Å². The molecule has 0 N–H and O–H groups in total. The minimum atomic E-state index is -1.56. The van der Waals surface area contributed by atoms with E-state index in [4.69, 9.17) is 0 Å². The molecule has 364 valence electrons. The maximum absolute atomic E-state index is 2.56. The Morgan fingerprint density at radius 3 is 1.05 bits per heavy atom. The molecule has 1 aromatic heterocycles. The van der Waals surface area contributed by atoms with Gasteiger partial charge in [-0.05, 0) is 116 Å². The first kappa shape index (κ1) is 48.1. The van der Waals surface area contributed by atoms with Gasteiger partial charge in [-0.15, -0.1) is 0 Å². The SMILES string of the molecule is CC(C)(C)c1ccc(N(c2ccc([Si](C)(C)C)cc2)c2cc3c(c4ccccc24)c2c4ccccc4c(N(c4ccc(C(C)(C)C)cc4)c4ccc([Si](C)(C)C)cc4)cc2n3-c2ccc3ccccc3c2)cc1. The first-order valence-corrected chi connectivity index (χ1v) is 33.2. The van der Waals surface area contributed by atoms with Gasteiger partial charge in [-0.25, -0.2) is 0 Å². The summed E-state index contributed by atoms with van der Waals surface area (Å²) in [5.74, 6) is 0. The van der Waals surface area contributed by atoms with Gasteiger partial charge in [0.25, 0.3) is 0 Å². The van der Waals surface area contributed by atoms with E-state index in [-0.39, 0.29) is 10.8 Å². The molecule has 11 aromatic rings. The van der Waals surface area contributed by atoms with Gasteiger partial charge in [0.15, 0.2) is 0 Å². The number of hydrogen-bond donors (Lipinski definition) is 0. The van der Waals surface area contributed by atoms with Crippen LogP contribution in [0.4, 0.5) is 34.1 Å². The number of aromatic nitrogens is 1. The van der Waals surface area contributed by atoms with Gasteiger partial charge in [-0.3, -0.25) is 0 Å².